The predicted octanol–water partition coefficient (Wildman–Crippen LogP) is 1.67. The number of cyclic esters (lactones) is 1. The van der Waals surface area contributed by atoms with Crippen molar-refractivity contribution in [3.63, 3.8) is 0 Å². The molecule has 1 atom stereocenters. The summed E-state index contributed by atoms with van der Waals surface area (Å²) in [5, 5.41) is 2.67. The van der Waals surface area contributed by atoms with Crippen molar-refractivity contribution in [1.29, 1.82) is 0 Å². The Morgan fingerprint density at radius 3 is 2.81 bits per heavy atom. The van der Waals surface area contributed by atoms with Crippen molar-refractivity contribution in [3.05, 3.63) is 29.6 Å². The Kier molecular flexibility index (Phi) is 2.68. The monoisotopic (exact) mass is 224 g/mol. The van der Waals surface area contributed by atoms with Gasteiger partial charge in [-0.2, -0.15) is 0 Å². The first-order chi connectivity index (χ1) is 7.58. The van der Waals surface area contributed by atoms with Gasteiger partial charge in [-0.15, -0.1) is 0 Å². The highest BCUT2D eigenvalue weighted by Gasteiger charge is 2.26. The number of carbonyl (C=O) groups excluding carboxylic acids is 1. The largest absolute Gasteiger partial charge is 0.447 e. The zero-order valence-corrected chi connectivity index (χ0v) is 9.16. The minimum atomic E-state index is -0.431. The molecule has 1 amide bonds. The third-order valence-corrected chi connectivity index (χ3v) is 2.52. The molecule has 86 valence electrons. The van der Waals surface area contributed by atoms with Crippen LogP contribution in [0.4, 0.5) is 14.9 Å². The van der Waals surface area contributed by atoms with Crippen LogP contribution in [0.25, 0.3) is 0 Å². The van der Waals surface area contributed by atoms with Gasteiger partial charge >= 0.3 is 6.09 Å². The molecule has 0 aliphatic carbocycles. The number of nitrogens with zero attached hydrogens (tertiary/aromatic N) is 1. The molecule has 1 aliphatic heterocycles. The molecular weight excluding hydrogens is 211 g/mol. The molecule has 0 spiro atoms. The standard InChI is InChI=1S/C11H13FN2O2/c1-14(2)10-5-7(12)3-4-8(10)9-6-16-11(15)13-9/h3-5,9H,6H2,1-2H3,(H,13,15). The molecule has 16 heavy (non-hydrogen) atoms. The summed E-state index contributed by atoms with van der Waals surface area (Å²) in [5.41, 5.74) is 1.60. The van der Waals surface area contributed by atoms with Crippen molar-refractivity contribution in [3.8, 4) is 0 Å². The Morgan fingerprint density at radius 1 is 1.50 bits per heavy atom. The average Bonchev–Trinajstić information content (AvgIpc) is 2.64. The fourth-order valence-corrected chi connectivity index (χ4v) is 1.75. The van der Waals surface area contributed by atoms with E-state index in [4.69, 9.17) is 4.74 Å². The van der Waals surface area contributed by atoms with Gasteiger partial charge in [0.05, 0.1) is 6.04 Å². The maximum Gasteiger partial charge on any atom is 0.407 e. The first-order valence-electron chi connectivity index (χ1n) is 4.98. The summed E-state index contributed by atoms with van der Waals surface area (Å²) in [6, 6.07) is 4.29. The van der Waals surface area contributed by atoms with E-state index in [0.29, 0.717) is 0 Å². The Hall–Kier alpha value is -1.78. The molecule has 0 saturated carbocycles. The van der Waals surface area contributed by atoms with E-state index >= 15 is 0 Å². The number of rotatable bonds is 2. The second-order valence-corrected chi connectivity index (χ2v) is 3.89. The second-order valence-electron chi connectivity index (χ2n) is 3.89. The van der Waals surface area contributed by atoms with Crippen molar-refractivity contribution >= 4 is 11.8 Å². The number of carbonyl (C=O) groups is 1. The number of hydrogen-bond donors (Lipinski definition) is 1. The van der Waals surface area contributed by atoms with Crippen LogP contribution in [0, 0.1) is 5.82 Å². The van der Waals surface area contributed by atoms with Gasteiger partial charge < -0.3 is 15.0 Å². The number of halogens is 1. The molecule has 1 saturated heterocycles. The molecule has 4 nitrogen and oxygen atoms in total. The SMILES string of the molecule is CN(C)c1cc(F)ccc1C1COC(=O)N1. The highest BCUT2D eigenvalue weighted by molar-refractivity contribution is 5.71. The number of hydrogen-bond acceptors (Lipinski definition) is 3. The summed E-state index contributed by atoms with van der Waals surface area (Å²) < 4.78 is 17.9. The van der Waals surface area contributed by atoms with Crippen LogP contribution in [0.1, 0.15) is 11.6 Å². The number of nitrogens with one attached hydrogen (secondary N) is 1. The lowest BCUT2D eigenvalue weighted by Gasteiger charge is -2.20. The fraction of sp³-hybridized carbons (Fsp3) is 0.364. The topological polar surface area (TPSA) is 41.6 Å². The van der Waals surface area contributed by atoms with Gasteiger partial charge in [0, 0.05) is 25.3 Å². The summed E-state index contributed by atoms with van der Waals surface area (Å²) in [6.45, 7) is 0.283. The predicted molar refractivity (Wildman–Crippen MR) is 58.0 cm³/mol. The van der Waals surface area contributed by atoms with Crippen LogP contribution < -0.4 is 10.2 Å². The summed E-state index contributed by atoms with van der Waals surface area (Å²) in [4.78, 5) is 12.8. The van der Waals surface area contributed by atoms with E-state index < -0.39 is 6.09 Å². The van der Waals surface area contributed by atoms with Crippen LogP contribution in [-0.2, 0) is 4.74 Å². The van der Waals surface area contributed by atoms with E-state index in [0.717, 1.165) is 11.3 Å². The summed E-state index contributed by atoms with van der Waals surface area (Å²) in [6.07, 6.45) is -0.431. The number of anilines is 1. The van der Waals surface area contributed by atoms with E-state index in [1.165, 1.54) is 12.1 Å². The summed E-state index contributed by atoms with van der Waals surface area (Å²) in [5.74, 6) is -0.294. The van der Waals surface area contributed by atoms with Crippen molar-refractivity contribution in [2.45, 2.75) is 6.04 Å². The van der Waals surface area contributed by atoms with E-state index in [1.807, 2.05) is 19.0 Å². The Balaban J connectivity index is 2.36. The Bertz CT molecular complexity index is 420. The van der Waals surface area contributed by atoms with Gasteiger partial charge in [0.1, 0.15) is 12.4 Å². The molecule has 1 fully saturated rings. The third kappa shape index (κ3) is 1.93. The van der Waals surface area contributed by atoms with Gasteiger partial charge in [-0.1, -0.05) is 6.07 Å². The molecule has 1 unspecified atom stereocenters. The van der Waals surface area contributed by atoms with Crippen molar-refractivity contribution < 1.29 is 13.9 Å². The maximum atomic E-state index is 13.1. The van der Waals surface area contributed by atoms with Gasteiger partial charge in [-0.3, -0.25) is 0 Å². The van der Waals surface area contributed by atoms with Crippen molar-refractivity contribution in [1.82, 2.24) is 5.32 Å². The highest BCUT2D eigenvalue weighted by atomic mass is 19.1. The number of benzene rings is 1. The minimum Gasteiger partial charge on any atom is -0.447 e. The molecule has 0 aromatic heterocycles. The molecule has 2 rings (SSSR count). The van der Waals surface area contributed by atoms with Gasteiger partial charge in [0.15, 0.2) is 0 Å². The lowest BCUT2D eigenvalue weighted by Crippen LogP contribution is -2.21. The molecule has 1 aromatic carbocycles. The Morgan fingerprint density at radius 2 is 2.25 bits per heavy atom. The van der Waals surface area contributed by atoms with Gasteiger partial charge in [-0.05, 0) is 12.1 Å². The second kappa shape index (κ2) is 4.00. The maximum absolute atomic E-state index is 13.1. The molecule has 5 heteroatoms. The molecule has 0 bridgehead atoms. The lowest BCUT2D eigenvalue weighted by atomic mass is 10.1. The van der Waals surface area contributed by atoms with Gasteiger partial charge in [-0.25, -0.2) is 9.18 Å². The fourth-order valence-electron chi connectivity index (χ4n) is 1.75. The van der Waals surface area contributed by atoms with E-state index in [-0.39, 0.29) is 18.5 Å². The van der Waals surface area contributed by atoms with Crippen molar-refractivity contribution in [2.24, 2.45) is 0 Å². The third-order valence-electron chi connectivity index (χ3n) is 2.52. The number of alkyl carbamates (subject to hydrolysis) is 1. The molecule has 1 N–H and O–H groups in total. The molecule has 1 aromatic rings. The zero-order chi connectivity index (χ0) is 11.7. The summed E-state index contributed by atoms with van der Waals surface area (Å²) in [7, 11) is 3.66. The highest BCUT2D eigenvalue weighted by Crippen LogP contribution is 2.28. The molecular formula is C11H13FN2O2. The van der Waals surface area contributed by atoms with E-state index in [9.17, 15) is 9.18 Å². The van der Waals surface area contributed by atoms with Gasteiger partial charge in [0.2, 0.25) is 0 Å². The molecule has 1 heterocycles. The zero-order valence-electron chi connectivity index (χ0n) is 9.16. The van der Waals surface area contributed by atoms with E-state index in [2.05, 4.69) is 5.32 Å². The van der Waals surface area contributed by atoms with Crippen LogP contribution in [-0.4, -0.2) is 26.8 Å². The average molecular weight is 224 g/mol. The smallest absolute Gasteiger partial charge is 0.407 e. The van der Waals surface area contributed by atoms with Crippen LogP contribution in [0.3, 0.4) is 0 Å². The number of amides is 1. The van der Waals surface area contributed by atoms with Crippen LogP contribution in [0.2, 0.25) is 0 Å². The molecule has 0 radical (unpaired) electrons. The van der Waals surface area contributed by atoms with Crippen LogP contribution in [0.15, 0.2) is 18.2 Å². The quantitative estimate of drug-likeness (QED) is 0.830. The molecule has 1 aliphatic rings. The van der Waals surface area contributed by atoms with Crippen molar-refractivity contribution in [2.75, 3.05) is 25.6 Å². The van der Waals surface area contributed by atoms with Crippen LogP contribution >= 0.6 is 0 Å². The van der Waals surface area contributed by atoms with Crippen LogP contribution in [0.5, 0.6) is 0 Å². The minimum absolute atomic E-state index is 0.203. The van der Waals surface area contributed by atoms with E-state index in [1.54, 1.807) is 6.07 Å². The lowest BCUT2D eigenvalue weighted by molar-refractivity contribution is 0.177. The first-order valence-corrected chi connectivity index (χ1v) is 4.98. The summed E-state index contributed by atoms with van der Waals surface area (Å²) >= 11 is 0. The normalized spacial score (nSPS) is 19.2. The Labute approximate surface area is 93.0 Å². The first kappa shape index (κ1) is 10.7. The number of ether oxygens (including phenoxy) is 1. The van der Waals surface area contributed by atoms with Gasteiger partial charge in [0.25, 0.3) is 0 Å².